The van der Waals surface area contributed by atoms with Crippen LogP contribution in [-0.2, 0) is 22.4 Å². The van der Waals surface area contributed by atoms with Crippen LogP contribution >= 0.6 is 35.3 Å². The number of carbonyl (C=O) groups is 2. The molecule has 1 aromatic heterocycles. The van der Waals surface area contributed by atoms with Gasteiger partial charge in [0.1, 0.15) is 10.1 Å². The van der Waals surface area contributed by atoms with Crippen LogP contribution in [0.3, 0.4) is 0 Å². The summed E-state index contributed by atoms with van der Waals surface area (Å²) in [6.07, 6.45) is 6.07. The summed E-state index contributed by atoms with van der Waals surface area (Å²) in [5.74, 6) is 0.208. The highest BCUT2D eigenvalue weighted by atomic mass is 32.2. The second kappa shape index (κ2) is 8.72. The van der Waals surface area contributed by atoms with Crippen LogP contribution < -0.4 is 0 Å². The number of rotatable bonds is 5. The van der Waals surface area contributed by atoms with Crippen LogP contribution in [0.1, 0.15) is 35.3 Å². The summed E-state index contributed by atoms with van der Waals surface area (Å²) in [6, 6.07) is 12.4. The molecule has 0 N–H and O–H groups in total. The Morgan fingerprint density at radius 3 is 2.82 bits per heavy atom. The molecule has 0 radical (unpaired) electrons. The van der Waals surface area contributed by atoms with Gasteiger partial charge in [0.05, 0.1) is 4.91 Å². The normalized spacial score (nSPS) is 21.1. The molecule has 2 aliphatic rings. The molecule has 0 bridgehead atoms. The van der Waals surface area contributed by atoms with Crippen molar-refractivity contribution in [2.24, 2.45) is 5.92 Å². The van der Waals surface area contributed by atoms with Gasteiger partial charge in [0.15, 0.2) is 0 Å². The van der Waals surface area contributed by atoms with Crippen molar-refractivity contribution in [3.8, 4) is 0 Å². The second-order valence-electron chi connectivity index (χ2n) is 7.13. The minimum atomic E-state index is -0.0811. The van der Waals surface area contributed by atoms with E-state index in [0.717, 1.165) is 30.6 Å². The fourth-order valence-electron chi connectivity index (χ4n) is 3.80. The van der Waals surface area contributed by atoms with Gasteiger partial charge in [0.25, 0.3) is 5.91 Å². The van der Waals surface area contributed by atoms with Crippen molar-refractivity contribution in [3.05, 3.63) is 62.7 Å². The highest BCUT2D eigenvalue weighted by Gasteiger charge is 2.33. The molecule has 1 amide bonds. The van der Waals surface area contributed by atoms with Gasteiger partial charge < -0.3 is 0 Å². The molecule has 2 aromatic rings. The summed E-state index contributed by atoms with van der Waals surface area (Å²) in [5.41, 5.74) is 2.66. The highest BCUT2D eigenvalue weighted by molar-refractivity contribution is 8.26. The predicted octanol–water partition coefficient (Wildman–Crippen LogP) is 5.10. The Kier molecular flexibility index (Phi) is 6.09. The Hall–Kier alpha value is -1.76. The number of thioether (sulfide) groups is 1. The number of thiophene rings is 1. The SMILES string of the molecule is O=C(CCN1C(=O)/C(=C\c2cccs2)SC1=S)C1CCCc2ccccc2C1. The van der Waals surface area contributed by atoms with E-state index in [1.54, 1.807) is 16.2 Å². The van der Waals surface area contributed by atoms with E-state index in [1.165, 1.54) is 22.9 Å². The smallest absolute Gasteiger partial charge is 0.266 e. The molecule has 6 heteroatoms. The molecule has 1 aromatic carbocycles. The first-order valence-electron chi connectivity index (χ1n) is 9.50. The summed E-state index contributed by atoms with van der Waals surface area (Å²) in [7, 11) is 0. The summed E-state index contributed by atoms with van der Waals surface area (Å²) < 4.78 is 0.548. The topological polar surface area (TPSA) is 37.4 Å². The van der Waals surface area contributed by atoms with Crippen molar-refractivity contribution in [1.29, 1.82) is 0 Å². The number of hydrogen-bond donors (Lipinski definition) is 0. The maximum absolute atomic E-state index is 12.9. The monoisotopic (exact) mass is 427 g/mol. The highest BCUT2D eigenvalue weighted by Crippen LogP contribution is 2.34. The van der Waals surface area contributed by atoms with Gasteiger partial charge in [-0.1, -0.05) is 54.3 Å². The molecule has 28 heavy (non-hydrogen) atoms. The number of aryl methyl sites for hydroxylation is 1. The molecule has 1 aliphatic carbocycles. The zero-order valence-electron chi connectivity index (χ0n) is 15.4. The maximum atomic E-state index is 12.9. The summed E-state index contributed by atoms with van der Waals surface area (Å²) in [6.45, 7) is 0.378. The van der Waals surface area contributed by atoms with Gasteiger partial charge in [-0.15, -0.1) is 11.3 Å². The molecule has 1 aliphatic heterocycles. The number of amides is 1. The molecule has 1 fully saturated rings. The summed E-state index contributed by atoms with van der Waals surface area (Å²) >= 11 is 8.31. The number of Topliss-reactive ketones (excluding diaryl/α,β-unsaturated/α-hetero) is 1. The lowest BCUT2D eigenvalue weighted by atomic mass is 9.91. The van der Waals surface area contributed by atoms with Crippen molar-refractivity contribution in [2.75, 3.05) is 6.54 Å². The predicted molar refractivity (Wildman–Crippen MR) is 120 cm³/mol. The number of ketones is 1. The van der Waals surface area contributed by atoms with Crippen molar-refractivity contribution in [1.82, 2.24) is 4.90 Å². The van der Waals surface area contributed by atoms with Gasteiger partial charge >= 0.3 is 0 Å². The number of benzene rings is 1. The van der Waals surface area contributed by atoms with Crippen LogP contribution in [0.15, 0.2) is 46.7 Å². The van der Waals surface area contributed by atoms with Crippen molar-refractivity contribution >= 4 is 57.4 Å². The van der Waals surface area contributed by atoms with E-state index in [1.807, 2.05) is 29.7 Å². The van der Waals surface area contributed by atoms with Gasteiger partial charge in [-0.2, -0.15) is 0 Å². The zero-order chi connectivity index (χ0) is 19.5. The Labute approximate surface area is 178 Å². The van der Waals surface area contributed by atoms with E-state index in [4.69, 9.17) is 12.2 Å². The molecular formula is C22H21NO2S3. The standard InChI is InChI=1S/C22H21NO2S3/c24-19(17-8-3-7-15-5-1-2-6-16(15)13-17)10-11-23-21(25)20(28-22(23)26)14-18-9-4-12-27-18/h1-2,4-6,9,12,14,17H,3,7-8,10-11,13H2/b20-14+. The van der Waals surface area contributed by atoms with Crippen molar-refractivity contribution in [2.45, 2.75) is 32.1 Å². The number of fused-ring (bicyclic) bond motifs is 1. The van der Waals surface area contributed by atoms with E-state index >= 15 is 0 Å². The van der Waals surface area contributed by atoms with E-state index in [9.17, 15) is 9.59 Å². The molecule has 1 saturated heterocycles. The number of hydrogen-bond acceptors (Lipinski definition) is 5. The number of carbonyl (C=O) groups excluding carboxylic acids is 2. The lowest BCUT2D eigenvalue weighted by Crippen LogP contribution is -2.31. The van der Waals surface area contributed by atoms with Crippen LogP contribution in [0.25, 0.3) is 6.08 Å². The van der Waals surface area contributed by atoms with Crippen LogP contribution in [0.2, 0.25) is 0 Å². The van der Waals surface area contributed by atoms with Crippen molar-refractivity contribution in [3.63, 3.8) is 0 Å². The largest absolute Gasteiger partial charge is 0.299 e. The van der Waals surface area contributed by atoms with Crippen LogP contribution in [0.5, 0.6) is 0 Å². The molecular weight excluding hydrogens is 406 g/mol. The summed E-state index contributed by atoms with van der Waals surface area (Å²) in [5, 5.41) is 1.98. The average molecular weight is 428 g/mol. The average Bonchev–Trinajstić information content (AvgIpc) is 3.21. The van der Waals surface area contributed by atoms with Crippen molar-refractivity contribution < 1.29 is 9.59 Å². The molecule has 4 rings (SSSR count). The number of thiocarbonyl (C=S) groups is 1. The quantitative estimate of drug-likeness (QED) is 0.378. The van der Waals surface area contributed by atoms with E-state index < -0.39 is 0 Å². The third-order valence-corrected chi connectivity index (χ3v) is 7.51. The van der Waals surface area contributed by atoms with Crippen LogP contribution in [0, 0.1) is 5.92 Å². The Balaban J connectivity index is 1.38. The zero-order valence-corrected chi connectivity index (χ0v) is 17.9. The minimum Gasteiger partial charge on any atom is -0.299 e. The molecule has 2 heterocycles. The second-order valence-corrected chi connectivity index (χ2v) is 9.78. The van der Waals surface area contributed by atoms with Gasteiger partial charge in [0, 0.05) is 23.8 Å². The fourth-order valence-corrected chi connectivity index (χ4v) is 5.83. The van der Waals surface area contributed by atoms with Crippen LogP contribution in [0.4, 0.5) is 0 Å². The molecule has 0 saturated carbocycles. The third kappa shape index (κ3) is 4.29. The minimum absolute atomic E-state index is 0.0451. The van der Waals surface area contributed by atoms with Gasteiger partial charge in [0.2, 0.25) is 0 Å². The molecule has 1 unspecified atom stereocenters. The van der Waals surface area contributed by atoms with Gasteiger partial charge in [-0.3, -0.25) is 14.5 Å². The summed E-state index contributed by atoms with van der Waals surface area (Å²) in [4.78, 5) is 28.8. The molecule has 0 spiro atoms. The molecule has 1 atom stereocenters. The Bertz CT molecular complexity index is 933. The van der Waals surface area contributed by atoms with Crippen LogP contribution in [-0.4, -0.2) is 27.5 Å². The first-order valence-corrected chi connectivity index (χ1v) is 11.6. The Morgan fingerprint density at radius 2 is 2.04 bits per heavy atom. The Morgan fingerprint density at radius 1 is 1.21 bits per heavy atom. The van der Waals surface area contributed by atoms with Gasteiger partial charge in [-0.25, -0.2) is 0 Å². The molecule has 144 valence electrons. The van der Waals surface area contributed by atoms with E-state index in [-0.39, 0.29) is 17.6 Å². The lowest BCUT2D eigenvalue weighted by Gasteiger charge is -2.17. The van der Waals surface area contributed by atoms with Gasteiger partial charge in [-0.05, 0) is 54.3 Å². The third-order valence-electron chi connectivity index (χ3n) is 5.31. The van der Waals surface area contributed by atoms with E-state index in [0.29, 0.717) is 22.2 Å². The van der Waals surface area contributed by atoms with E-state index in [2.05, 4.69) is 18.2 Å². The fraction of sp³-hybridized carbons (Fsp3) is 0.318. The molecule has 3 nitrogen and oxygen atoms in total. The maximum Gasteiger partial charge on any atom is 0.266 e. The first-order chi connectivity index (χ1) is 13.6. The number of nitrogens with zero attached hydrogens (tertiary/aromatic N) is 1. The lowest BCUT2D eigenvalue weighted by molar-refractivity contribution is -0.124. The first kappa shape index (κ1) is 19.6.